The molecule has 1 heterocycles. The molecule has 3 N–H and O–H groups in total. The van der Waals surface area contributed by atoms with Crippen LogP contribution < -0.4 is 5.84 Å². The van der Waals surface area contributed by atoms with Crippen LogP contribution in [-0.4, -0.2) is 41.2 Å². The van der Waals surface area contributed by atoms with E-state index < -0.39 is 23.4 Å². The van der Waals surface area contributed by atoms with E-state index in [-0.39, 0.29) is 25.5 Å². The Balaban J connectivity index is 1.37. The fourth-order valence-corrected chi connectivity index (χ4v) is 5.40. The maximum absolute atomic E-state index is 13.2. The van der Waals surface area contributed by atoms with Crippen LogP contribution in [0.25, 0.3) is 11.1 Å². The number of esters is 1. The number of carboxylic acids is 1. The summed E-state index contributed by atoms with van der Waals surface area (Å²) in [7, 11) is 0. The largest absolute Gasteiger partial charge is 0.481 e. The quantitative estimate of drug-likeness (QED) is 0.445. The highest BCUT2D eigenvalue weighted by atomic mass is 16.5. The van der Waals surface area contributed by atoms with Crippen LogP contribution in [0.4, 0.5) is 0 Å². The second-order valence-corrected chi connectivity index (χ2v) is 9.32. The minimum atomic E-state index is -1.18. The zero-order chi connectivity index (χ0) is 23.9. The fourth-order valence-electron chi connectivity index (χ4n) is 5.40. The molecule has 0 radical (unpaired) electrons. The molecular weight excluding hydrogens is 428 g/mol. The molecule has 0 aromatic heterocycles. The Hall–Kier alpha value is -3.48. The van der Waals surface area contributed by atoms with E-state index in [0.29, 0.717) is 12.0 Å². The molecule has 2 atom stereocenters. The molecule has 0 amide bonds. The van der Waals surface area contributed by atoms with Crippen LogP contribution in [0, 0.1) is 6.92 Å². The van der Waals surface area contributed by atoms with Crippen LogP contribution in [-0.2, 0) is 19.7 Å². The number of hydrogen-bond donors (Lipinski definition) is 2. The van der Waals surface area contributed by atoms with Crippen LogP contribution in [0.3, 0.4) is 0 Å². The molecule has 1 fully saturated rings. The monoisotopic (exact) mass is 456 g/mol. The summed E-state index contributed by atoms with van der Waals surface area (Å²) in [4.78, 5) is 25.7. The number of carboxylic acid groups (broad SMARTS) is 1. The van der Waals surface area contributed by atoms with Gasteiger partial charge in [-0.3, -0.25) is 15.4 Å². The first kappa shape index (κ1) is 22.3. The molecule has 3 aromatic carbocycles. The third-order valence-electron chi connectivity index (χ3n) is 7.38. The lowest BCUT2D eigenvalue weighted by Gasteiger charge is -2.41. The third-order valence-corrected chi connectivity index (χ3v) is 7.38. The molecule has 1 saturated heterocycles. The SMILES string of the molecule is Cc1ccc(C2(C(=O)O)CCN(N)C(C(=O)OCC3c4ccccc4-c4ccccc43)C2)cc1. The second-order valence-electron chi connectivity index (χ2n) is 9.32. The molecule has 6 nitrogen and oxygen atoms in total. The standard InChI is InChI=1S/C28H28N2O4/c1-18-10-12-19(13-11-18)28(27(32)33)14-15-30(29)25(16-28)26(31)34-17-24-22-8-4-2-6-20(22)21-7-3-5-9-23(21)24/h2-13,24-25H,14-17,29H2,1H3,(H,32,33). The molecule has 174 valence electrons. The minimum Gasteiger partial charge on any atom is -0.481 e. The Kier molecular flexibility index (Phi) is 5.71. The topological polar surface area (TPSA) is 92.9 Å². The number of benzene rings is 3. The predicted octanol–water partition coefficient (Wildman–Crippen LogP) is 4.01. The van der Waals surface area contributed by atoms with Crippen molar-refractivity contribution in [2.45, 2.75) is 37.1 Å². The van der Waals surface area contributed by atoms with Crippen molar-refractivity contribution in [3.63, 3.8) is 0 Å². The molecule has 0 saturated carbocycles. The number of piperidine rings is 1. The number of fused-ring (bicyclic) bond motifs is 3. The molecule has 0 bridgehead atoms. The first-order chi connectivity index (χ1) is 16.4. The van der Waals surface area contributed by atoms with E-state index in [4.69, 9.17) is 10.6 Å². The molecule has 5 rings (SSSR count). The van der Waals surface area contributed by atoms with Crippen molar-refractivity contribution >= 4 is 11.9 Å². The van der Waals surface area contributed by atoms with E-state index >= 15 is 0 Å². The van der Waals surface area contributed by atoms with Gasteiger partial charge in [0.2, 0.25) is 0 Å². The van der Waals surface area contributed by atoms with Gasteiger partial charge in [0.15, 0.2) is 0 Å². The number of nitrogens with zero attached hydrogens (tertiary/aromatic N) is 1. The lowest BCUT2D eigenvalue weighted by molar-refractivity contribution is -0.157. The van der Waals surface area contributed by atoms with Gasteiger partial charge in [0.05, 0.1) is 5.41 Å². The maximum atomic E-state index is 13.2. The van der Waals surface area contributed by atoms with Crippen molar-refractivity contribution in [3.8, 4) is 11.1 Å². The molecule has 34 heavy (non-hydrogen) atoms. The molecule has 3 aromatic rings. The van der Waals surface area contributed by atoms with E-state index in [2.05, 4.69) is 24.3 Å². The van der Waals surface area contributed by atoms with Crippen LogP contribution >= 0.6 is 0 Å². The first-order valence-corrected chi connectivity index (χ1v) is 11.6. The van der Waals surface area contributed by atoms with Gasteiger partial charge in [-0.15, -0.1) is 0 Å². The number of carbonyl (C=O) groups is 2. The van der Waals surface area contributed by atoms with Crippen LogP contribution in [0.1, 0.15) is 41.0 Å². The Morgan fingerprint density at radius 2 is 1.59 bits per heavy atom. The lowest BCUT2D eigenvalue weighted by Crippen LogP contribution is -2.58. The number of hydrazine groups is 1. The average molecular weight is 457 g/mol. The van der Waals surface area contributed by atoms with Crippen molar-refractivity contribution in [1.29, 1.82) is 0 Å². The number of aliphatic carboxylic acids is 1. The predicted molar refractivity (Wildman–Crippen MR) is 129 cm³/mol. The van der Waals surface area contributed by atoms with E-state index in [1.165, 1.54) is 5.01 Å². The normalized spacial score (nSPS) is 22.1. The first-order valence-electron chi connectivity index (χ1n) is 11.6. The Morgan fingerprint density at radius 3 is 2.18 bits per heavy atom. The van der Waals surface area contributed by atoms with Crippen molar-refractivity contribution in [2.24, 2.45) is 5.84 Å². The molecule has 1 aliphatic carbocycles. The van der Waals surface area contributed by atoms with Crippen LogP contribution in [0.5, 0.6) is 0 Å². The Morgan fingerprint density at radius 1 is 1.00 bits per heavy atom. The highest BCUT2D eigenvalue weighted by Crippen LogP contribution is 2.45. The van der Waals surface area contributed by atoms with E-state index in [1.54, 1.807) is 0 Å². The van der Waals surface area contributed by atoms with Gasteiger partial charge in [0.1, 0.15) is 12.6 Å². The van der Waals surface area contributed by atoms with Gasteiger partial charge < -0.3 is 9.84 Å². The number of nitrogens with two attached hydrogens (primary N) is 1. The van der Waals surface area contributed by atoms with Crippen molar-refractivity contribution in [1.82, 2.24) is 5.01 Å². The molecular formula is C28H28N2O4. The summed E-state index contributed by atoms with van der Waals surface area (Å²) in [6.07, 6.45) is 0.396. The van der Waals surface area contributed by atoms with Gasteiger partial charge >= 0.3 is 11.9 Å². The summed E-state index contributed by atoms with van der Waals surface area (Å²) < 4.78 is 5.82. The zero-order valence-electron chi connectivity index (χ0n) is 19.1. The highest BCUT2D eigenvalue weighted by molar-refractivity contribution is 5.85. The molecule has 1 aliphatic heterocycles. The Labute approximate surface area is 198 Å². The summed E-state index contributed by atoms with van der Waals surface area (Å²) in [6, 6.07) is 22.9. The van der Waals surface area contributed by atoms with Gasteiger partial charge in [-0.1, -0.05) is 78.4 Å². The van der Waals surface area contributed by atoms with E-state index in [1.807, 2.05) is 55.5 Å². The van der Waals surface area contributed by atoms with Crippen molar-refractivity contribution in [2.75, 3.05) is 13.2 Å². The van der Waals surface area contributed by atoms with Gasteiger partial charge in [0, 0.05) is 12.5 Å². The lowest BCUT2D eigenvalue weighted by atomic mass is 9.70. The fraction of sp³-hybridized carbons (Fsp3) is 0.286. The summed E-state index contributed by atoms with van der Waals surface area (Å²) >= 11 is 0. The van der Waals surface area contributed by atoms with E-state index in [0.717, 1.165) is 27.8 Å². The number of hydrogen-bond acceptors (Lipinski definition) is 5. The summed E-state index contributed by atoms with van der Waals surface area (Å²) in [5, 5.41) is 11.6. The number of rotatable bonds is 5. The summed E-state index contributed by atoms with van der Waals surface area (Å²) in [5.74, 6) is 4.69. The minimum absolute atomic E-state index is 0.0625. The third kappa shape index (κ3) is 3.69. The van der Waals surface area contributed by atoms with Gasteiger partial charge in [0.25, 0.3) is 0 Å². The average Bonchev–Trinajstić information content (AvgIpc) is 3.17. The van der Waals surface area contributed by atoms with E-state index in [9.17, 15) is 14.7 Å². The Bertz CT molecular complexity index is 1190. The summed E-state index contributed by atoms with van der Waals surface area (Å²) in [6.45, 7) is 2.43. The zero-order valence-corrected chi connectivity index (χ0v) is 19.1. The molecule has 2 unspecified atom stereocenters. The highest BCUT2D eigenvalue weighted by Gasteiger charge is 2.49. The van der Waals surface area contributed by atoms with Crippen molar-refractivity contribution in [3.05, 3.63) is 95.1 Å². The number of carbonyl (C=O) groups excluding carboxylic acids is 1. The molecule has 0 spiro atoms. The summed E-state index contributed by atoms with van der Waals surface area (Å²) in [5.41, 5.74) is 5.13. The number of aryl methyl sites for hydroxylation is 1. The smallest absolute Gasteiger partial charge is 0.324 e. The van der Waals surface area contributed by atoms with Gasteiger partial charge in [-0.2, -0.15) is 0 Å². The second kappa shape index (κ2) is 8.70. The maximum Gasteiger partial charge on any atom is 0.324 e. The van der Waals surface area contributed by atoms with Gasteiger partial charge in [-0.05, 0) is 47.6 Å². The molecule has 2 aliphatic rings. The molecule has 6 heteroatoms. The van der Waals surface area contributed by atoms with Crippen LogP contribution in [0.2, 0.25) is 0 Å². The van der Waals surface area contributed by atoms with Gasteiger partial charge in [-0.25, -0.2) is 5.01 Å². The van der Waals surface area contributed by atoms with Crippen molar-refractivity contribution < 1.29 is 19.4 Å². The number of ether oxygens (including phenoxy) is 1. The van der Waals surface area contributed by atoms with Crippen LogP contribution in [0.15, 0.2) is 72.8 Å².